The lowest BCUT2D eigenvalue weighted by Gasteiger charge is -2.30. The highest BCUT2D eigenvalue weighted by molar-refractivity contribution is 4.94. The molecule has 0 N–H and O–H groups in total. The Morgan fingerprint density at radius 3 is 1.22 bits per heavy atom. The van der Waals surface area contributed by atoms with Gasteiger partial charge in [-0.05, 0) is 52.0 Å². The van der Waals surface area contributed by atoms with E-state index in [4.69, 9.17) is 9.47 Å². The summed E-state index contributed by atoms with van der Waals surface area (Å²) in [5.41, 5.74) is 0. The minimum atomic E-state index is -0.290. The van der Waals surface area contributed by atoms with E-state index < -0.39 is 0 Å². The summed E-state index contributed by atoms with van der Waals surface area (Å²) in [5, 5.41) is 0. The molecule has 3 nitrogen and oxygen atoms in total. The second-order valence-electron chi connectivity index (χ2n) is 14.8. The zero-order valence-corrected chi connectivity index (χ0v) is 30.9. The van der Waals surface area contributed by atoms with Crippen LogP contribution in [-0.4, -0.2) is 43.0 Å². The molecule has 264 valence electrons. The number of rotatable bonds is 32. The zero-order valence-electron chi connectivity index (χ0n) is 30.9. The number of nitrogens with zero attached hydrogens (tertiary/aromatic N) is 1. The summed E-state index contributed by atoms with van der Waals surface area (Å²) in [6, 6.07) is 0. The summed E-state index contributed by atoms with van der Waals surface area (Å²) >= 11 is 0. The van der Waals surface area contributed by atoms with Crippen molar-refractivity contribution < 1.29 is 9.47 Å². The van der Waals surface area contributed by atoms with Crippen molar-refractivity contribution in [1.29, 1.82) is 0 Å². The molecule has 2 saturated heterocycles. The van der Waals surface area contributed by atoms with Crippen molar-refractivity contribution >= 4 is 0 Å². The zero-order chi connectivity index (χ0) is 32.1. The van der Waals surface area contributed by atoms with Gasteiger partial charge in [0.2, 0.25) is 0 Å². The first kappa shape index (κ1) is 40.5. The van der Waals surface area contributed by atoms with Crippen molar-refractivity contribution in [3.05, 3.63) is 24.3 Å². The van der Waals surface area contributed by atoms with E-state index in [1.54, 1.807) is 0 Å². The van der Waals surface area contributed by atoms with E-state index in [2.05, 4.69) is 50.1 Å². The van der Waals surface area contributed by atoms with E-state index in [0.717, 1.165) is 32.4 Å². The van der Waals surface area contributed by atoms with Gasteiger partial charge in [-0.15, -0.1) is 0 Å². The van der Waals surface area contributed by atoms with Crippen LogP contribution in [0.1, 0.15) is 206 Å². The third-order valence-corrected chi connectivity index (χ3v) is 10.3. The van der Waals surface area contributed by atoms with Crippen molar-refractivity contribution in [2.24, 2.45) is 0 Å². The Morgan fingerprint density at radius 1 is 0.467 bits per heavy atom. The molecule has 0 aromatic carbocycles. The van der Waals surface area contributed by atoms with Crippen LogP contribution in [0, 0.1) is 0 Å². The SMILES string of the molecule is CCCCC/C=C\C/C=C\CCCCCCCCC1(CCCCCCCCCCCCCCCCCC)O[C@H]2CN(C)C[C@@H]2O1. The van der Waals surface area contributed by atoms with Crippen molar-refractivity contribution in [2.75, 3.05) is 20.1 Å². The number of ether oxygens (including phenoxy) is 2. The quantitative estimate of drug-likeness (QED) is 0.0546. The van der Waals surface area contributed by atoms with Gasteiger partial charge in [-0.25, -0.2) is 0 Å². The first-order chi connectivity index (χ1) is 22.2. The Hall–Kier alpha value is -0.640. The van der Waals surface area contributed by atoms with Gasteiger partial charge in [0.15, 0.2) is 5.79 Å². The molecule has 0 saturated carbocycles. The van der Waals surface area contributed by atoms with Crippen LogP contribution in [0.15, 0.2) is 24.3 Å². The van der Waals surface area contributed by atoms with Crippen molar-refractivity contribution in [3.8, 4) is 0 Å². The number of likely N-dealkylation sites (N-methyl/N-ethyl adjacent to an activating group) is 1. The third kappa shape index (κ3) is 21.1. The van der Waals surface area contributed by atoms with Crippen LogP contribution in [0.4, 0.5) is 0 Å². The molecule has 2 heterocycles. The molecule has 0 bridgehead atoms. The number of allylic oxidation sites excluding steroid dienone is 4. The van der Waals surface area contributed by atoms with Gasteiger partial charge in [0, 0.05) is 25.9 Å². The van der Waals surface area contributed by atoms with Crippen LogP contribution >= 0.6 is 0 Å². The van der Waals surface area contributed by atoms with Gasteiger partial charge in [0.05, 0.1) is 0 Å². The van der Waals surface area contributed by atoms with Crippen LogP contribution < -0.4 is 0 Å². The van der Waals surface area contributed by atoms with Gasteiger partial charge < -0.3 is 14.4 Å². The second-order valence-corrected chi connectivity index (χ2v) is 14.8. The molecule has 3 heteroatoms. The number of likely N-dealkylation sites (tertiary alicyclic amines) is 1. The molecule has 2 aliphatic heterocycles. The highest BCUT2D eigenvalue weighted by atomic mass is 16.8. The monoisotopic (exact) mass is 630 g/mol. The maximum atomic E-state index is 6.72. The average molecular weight is 630 g/mol. The standard InChI is InChI=1S/C42H79NO2/c1-4-6-8-10-12-14-16-18-20-22-24-26-28-30-32-34-36-42(44-40-38-43(3)39-41(40)45-42)37-35-33-31-29-27-25-23-21-19-17-15-13-11-9-7-5-2/h12,14,18,20,40-41H,4-11,13,15-17,19,21-39H2,1-3H3/b14-12-,20-18-/t40-,41-/m0/s1. The van der Waals surface area contributed by atoms with Gasteiger partial charge in [-0.3, -0.25) is 0 Å². The fourth-order valence-electron chi connectivity index (χ4n) is 7.42. The Morgan fingerprint density at radius 2 is 0.800 bits per heavy atom. The van der Waals surface area contributed by atoms with Gasteiger partial charge in [0.25, 0.3) is 0 Å². The minimum Gasteiger partial charge on any atom is -0.343 e. The maximum Gasteiger partial charge on any atom is 0.169 e. The molecule has 2 fully saturated rings. The summed E-state index contributed by atoms with van der Waals surface area (Å²) in [4.78, 5) is 2.37. The molecule has 0 spiro atoms. The van der Waals surface area contributed by atoms with Gasteiger partial charge >= 0.3 is 0 Å². The Kier molecular flexibility index (Phi) is 25.6. The molecular formula is C42H79NO2. The van der Waals surface area contributed by atoms with Crippen molar-refractivity contribution in [1.82, 2.24) is 4.90 Å². The third-order valence-electron chi connectivity index (χ3n) is 10.3. The normalized spacial score (nSPS) is 19.9. The number of fused-ring (bicyclic) bond motifs is 1. The van der Waals surface area contributed by atoms with E-state index >= 15 is 0 Å². The Labute approximate surface area is 282 Å². The molecule has 0 aliphatic carbocycles. The highest BCUT2D eigenvalue weighted by Crippen LogP contribution is 2.40. The number of hydrogen-bond acceptors (Lipinski definition) is 3. The van der Waals surface area contributed by atoms with Crippen LogP contribution in [0.2, 0.25) is 0 Å². The second kappa shape index (κ2) is 28.4. The molecule has 0 unspecified atom stereocenters. The Bertz CT molecular complexity index is 689. The van der Waals surface area contributed by atoms with E-state index in [0.29, 0.717) is 12.2 Å². The topological polar surface area (TPSA) is 21.7 Å². The van der Waals surface area contributed by atoms with Crippen LogP contribution in [0.25, 0.3) is 0 Å². The van der Waals surface area contributed by atoms with Gasteiger partial charge in [-0.1, -0.05) is 173 Å². The van der Waals surface area contributed by atoms with Crippen LogP contribution in [-0.2, 0) is 9.47 Å². The molecule has 2 rings (SSSR count). The highest BCUT2D eigenvalue weighted by Gasteiger charge is 2.49. The van der Waals surface area contributed by atoms with E-state index in [1.807, 2.05) is 0 Å². The lowest BCUT2D eigenvalue weighted by Crippen LogP contribution is -2.34. The summed E-state index contributed by atoms with van der Waals surface area (Å²) in [5.74, 6) is -0.290. The first-order valence-corrected chi connectivity index (χ1v) is 20.5. The van der Waals surface area contributed by atoms with Crippen molar-refractivity contribution in [2.45, 2.75) is 224 Å². The Balaban J connectivity index is 1.46. The molecule has 0 aromatic rings. The average Bonchev–Trinajstić information content (AvgIpc) is 3.54. The molecule has 2 atom stereocenters. The predicted molar refractivity (Wildman–Crippen MR) is 198 cm³/mol. The lowest BCUT2D eigenvalue weighted by molar-refractivity contribution is -0.193. The summed E-state index contributed by atoms with van der Waals surface area (Å²) in [7, 11) is 2.20. The fraction of sp³-hybridized carbons (Fsp3) is 0.905. The van der Waals surface area contributed by atoms with E-state index in [1.165, 1.54) is 173 Å². The molecule has 0 amide bonds. The summed E-state index contributed by atoms with van der Waals surface area (Å²) in [6.45, 7) is 6.65. The molecule has 0 radical (unpaired) electrons. The smallest absolute Gasteiger partial charge is 0.169 e. The molecule has 2 aliphatic rings. The molecule has 45 heavy (non-hydrogen) atoms. The largest absolute Gasteiger partial charge is 0.343 e. The summed E-state index contributed by atoms with van der Waals surface area (Å²) in [6.07, 6.45) is 50.6. The predicted octanol–water partition coefficient (Wildman–Crippen LogP) is 13.3. The van der Waals surface area contributed by atoms with Crippen LogP contribution in [0.5, 0.6) is 0 Å². The number of hydrogen-bond donors (Lipinski definition) is 0. The minimum absolute atomic E-state index is 0.290. The molecular weight excluding hydrogens is 550 g/mol. The number of unbranched alkanes of at least 4 members (excludes halogenated alkanes) is 24. The van der Waals surface area contributed by atoms with Gasteiger partial charge in [-0.2, -0.15) is 0 Å². The molecule has 0 aromatic heterocycles. The van der Waals surface area contributed by atoms with Crippen molar-refractivity contribution in [3.63, 3.8) is 0 Å². The van der Waals surface area contributed by atoms with Crippen LogP contribution in [0.3, 0.4) is 0 Å². The lowest BCUT2D eigenvalue weighted by atomic mass is 9.98. The van der Waals surface area contributed by atoms with Gasteiger partial charge in [0.1, 0.15) is 12.2 Å². The fourth-order valence-corrected chi connectivity index (χ4v) is 7.42. The first-order valence-electron chi connectivity index (χ1n) is 20.5. The summed E-state index contributed by atoms with van der Waals surface area (Å²) < 4.78 is 13.4. The van der Waals surface area contributed by atoms with E-state index in [9.17, 15) is 0 Å². The van der Waals surface area contributed by atoms with E-state index in [-0.39, 0.29) is 5.79 Å². The maximum absolute atomic E-state index is 6.72.